The molecule has 4 rings (SSSR count). The van der Waals surface area contributed by atoms with E-state index in [2.05, 4.69) is 25.1 Å². The number of rotatable bonds is 5. The minimum absolute atomic E-state index is 0.0118. The molecule has 1 aliphatic heterocycles. The van der Waals surface area contributed by atoms with E-state index in [4.69, 9.17) is 0 Å². The van der Waals surface area contributed by atoms with Gasteiger partial charge in [0.25, 0.3) is 5.91 Å². The molecule has 7 heteroatoms. The van der Waals surface area contributed by atoms with Crippen LogP contribution < -0.4 is 5.32 Å². The number of thiazole rings is 1. The highest BCUT2D eigenvalue weighted by Gasteiger charge is 2.25. The molecule has 0 spiro atoms. The molecule has 0 atom stereocenters. The Morgan fingerprint density at radius 1 is 1.25 bits per heavy atom. The number of amides is 1. The molecule has 1 fully saturated rings. The standard InChI is InChI=1S/C17H23N5OS/c23-17(16-15(19-11-24-16)12-5-1-2-6-12)18-9-8-14-21-20-13-7-3-4-10-22(13)14/h11-12H,1-10H2,(H,18,23). The Morgan fingerprint density at radius 2 is 2.12 bits per heavy atom. The minimum Gasteiger partial charge on any atom is -0.351 e. The molecule has 1 aliphatic carbocycles. The SMILES string of the molecule is O=C(NCCc1nnc2n1CCCC2)c1scnc1C1CCCC1. The monoisotopic (exact) mass is 345 g/mol. The lowest BCUT2D eigenvalue weighted by atomic mass is 10.0. The molecule has 0 aromatic carbocycles. The fraction of sp³-hybridized carbons (Fsp3) is 0.647. The number of aromatic nitrogens is 4. The van der Waals surface area contributed by atoms with Gasteiger partial charge in [-0.05, 0) is 25.7 Å². The summed E-state index contributed by atoms with van der Waals surface area (Å²) in [5.74, 6) is 2.57. The molecular formula is C17H23N5OS. The zero-order valence-electron chi connectivity index (χ0n) is 13.8. The number of carbonyl (C=O) groups excluding carboxylic acids is 1. The van der Waals surface area contributed by atoms with Crippen LogP contribution in [0.5, 0.6) is 0 Å². The highest BCUT2D eigenvalue weighted by molar-refractivity contribution is 7.11. The Hall–Kier alpha value is -1.76. The maximum Gasteiger partial charge on any atom is 0.263 e. The highest BCUT2D eigenvalue weighted by atomic mass is 32.1. The lowest BCUT2D eigenvalue weighted by Crippen LogP contribution is -2.27. The number of fused-ring (bicyclic) bond motifs is 1. The minimum atomic E-state index is 0.0118. The molecule has 128 valence electrons. The Balaban J connectivity index is 1.36. The van der Waals surface area contributed by atoms with Crippen LogP contribution in [0.3, 0.4) is 0 Å². The van der Waals surface area contributed by atoms with Crippen molar-refractivity contribution in [3.8, 4) is 0 Å². The van der Waals surface area contributed by atoms with Crippen molar-refractivity contribution in [3.05, 3.63) is 27.7 Å². The van der Waals surface area contributed by atoms with Gasteiger partial charge in [-0.15, -0.1) is 21.5 Å². The van der Waals surface area contributed by atoms with Crippen LogP contribution in [0.4, 0.5) is 0 Å². The molecule has 6 nitrogen and oxygen atoms in total. The first-order chi connectivity index (χ1) is 11.8. The summed E-state index contributed by atoms with van der Waals surface area (Å²) in [7, 11) is 0. The van der Waals surface area contributed by atoms with Crippen molar-refractivity contribution in [2.75, 3.05) is 6.54 Å². The van der Waals surface area contributed by atoms with Crippen molar-refractivity contribution >= 4 is 17.2 Å². The maximum absolute atomic E-state index is 12.5. The van der Waals surface area contributed by atoms with E-state index in [1.807, 2.05) is 0 Å². The van der Waals surface area contributed by atoms with Crippen LogP contribution in [0, 0.1) is 0 Å². The first-order valence-electron chi connectivity index (χ1n) is 8.95. The van der Waals surface area contributed by atoms with Crippen LogP contribution in [0.15, 0.2) is 5.51 Å². The smallest absolute Gasteiger partial charge is 0.263 e. The number of nitrogens with zero attached hydrogens (tertiary/aromatic N) is 4. The van der Waals surface area contributed by atoms with Gasteiger partial charge in [-0.1, -0.05) is 12.8 Å². The Bertz CT molecular complexity index is 716. The normalized spacial score (nSPS) is 17.8. The quantitative estimate of drug-likeness (QED) is 0.904. The van der Waals surface area contributed by atoms with Gasteiger partial charge < -0.3 is 9.88 Å². The van der Waals surface area contributed by atoms with Crippen molar-refractivity contribution in [2.45, 2.75) is 63.8 Å². The third kappa shape index (κ3) is 3.09. The fourth-order valence-electron chi connectivity index (χ4n) is 3.84. The van der Waals surface area contributed by atoms with Gasteiger partial charge in [0.15, 0.2) is 0 Å². The Morgan fingerprint density at radius 3 is 3.00 bits per heavy atom. The number of hydrogen-bond donors (Lipinski definition) is 1. The van der Waals surface area contributed by atoms with Gasteiger partial charge in [0.1, 0.15) is 16.5 Å². The molecule has 1 amide bonds. The highest BCUT2D eigenvalue weighted by Crippen LogP contribution is 2.36. The van der Waals surface area contributed by atoms with E-state index >= 15 is 0 Å². The summed E-state index contributed by atoms with van der Waals surface area (Å²) in [5.41, 5.74) is 2.81. The summed E-state index contributed by atoms with van der Waals surface area (Å²) < 4.78 is 2.21. The maximum atomic E-state index is 12.5. The van der Waals surface area contributed by atoms with Crippen molar-refractivity contribution in [2.24, 2.45) is 0 Å². The molecule has 2 aromatic rings. The van der Waals surface area contributed by atoms with E-state index < -0.39 is 0 Å². The van der Waals surface area contributed by atoms with Gasteiger partial charge in [0, 0.05) is 31.8 Å². The second kappa shape index (κ2) is 7.01. The predicted molar refractivity (Wildman–Crippen MR) is 92.3 cm³/mol. The summed E-state index contributed by atoms with van der Waals surface area (Å²) in [5, 5.41) is 11.6. The summed E-state index contributed by atoms with van der Waals surface area (Å²) in [6, 6.07) is 0. The Kier molecular flexibility index (Phi) is 4.60. The lowest BCUT2D eigenvalue weighted by molar-refractivity contribution is 0.0956. The molecule has 0 saturated heterocycles. The molecule has 0 unspecified atom stereocenters. The Labute approximate surface area is 145 Å². The van der Waals surface area contributed by atoms with Crippen molar-refractivity contribution in [3.63, 3.8) is 0 Å². The molecular weight excluding hydrogens is 322 g/mol. The number of nitrogens with one attached hydrogen (secondary N) is 1. The van der Waals surface area contributed by atoms with Crippen molar-refractivity contribution < 1.29 is 4.79 Å². The average molecular weight is 345 g/mol. The number of carbonyl (C=O) groups is 1. The zero-order chi connectivity index (χ0) is 16.4. The van der Waals surface area contributed by atoms with Crippen molar-refractivity contribution in [1.29, 1.82) is 0 Å². The van der Waals surface area contributed by atoms with E-state index in [9.17, 15) is 4.79 Å². The van der Waals surface area contributed by atoms with Gasteiger partial charge in [-0.3, -0.25) is 4.79 Å². The molecule has 2 aromatic heterocycles. The van der Waals surface area contributed by atoms with Crippen LogP contribution in [0.1, 0.15) is 71.5 Å². The number of aryl methyl sites for hydroxylation is 1. The molecule has 1 N–H and O–H groups in total. The first-order valence-corrected chi connectivity index (χ1v) is 9.83. The van der Waals surface area contributed by atoms with E-state index in [0.29, 0.717) is 12.5 Å². The third-order valence-corrected chi connectivity index (χ3v) is 5.95. The second-order valence-corrected chi connectivity index (χ2v) is 7.55. The van der Waals surface area contributed by atoms with E-state index in [0.717, 1.165) is 54.4 Å². The first kappa shape index (κ1) is 15.7. The number of hydrogen-bond acceptors (Lipinski definition) is 5. The van der Waals surface area contributed by atoms with Gasteiger partial charge in [0.05, 0.1) is 11.2 Å². The molecule has 0 radical (unpaired) electrons. The summed E-state index contributed by atoms with van der Waals surface area (Å²) in [6.07, 6.45) is 8.97. The lowest BCUT2D eigenvalue weighted by Gasteiger charge is -2.14. The second-order valence-electron chi connectivity index (χ2n) is 6.70. The fourth-order valence-corrected chi connectivity index (χ4v) is 4.63. The largest absolute Gasteiger partial charge is 0.351 e. The third-order valence-electron chi connectivity index (χ3n) is 5.11. The van der Waals surface area contributed by atoms with E-state index in [1.54, 1.807) is 5.51 Å². The molecule has 0 bridgehead atoms. The summed E-state index contributed by atoms with van der Waals surface area (Å²) in [4.78, 5) is 17.8. The summed E-state index contributed by atoms with van der Waals surface area (Å²) >= 11 is 1.46. The van der Waals surface area contributed by atoms with Crippen molar-refractivity contribution in [1.82, 2.24) is 25.1 Å². The zero-order valence-corrected chi connectivity index (χ0v) is 14.6. The molecule has 2 aliphatic rings. The van der Waals surface area contributed by atoms with Gasteiger partial charge >= 0.3 is 0 Å². The summed E-state index contributed by atoms with van der Waals surface area (Å²) in [6.45, 7) is 1.60. The van der Waals surface area contributed by atoms with Crippen LogP contribution >= 0.6 is 11.3 Å². The molecule has 24 heavy (non-hydrogen) atoms. The van der Waals surface area contributed by atoms with Crippen LogP contribution in [-0.2, 0) is 19.4 Å². The topological polar surface area (TPSA) is 72.7 Å². The van der Waals surface area contributed by atoms with Crippen LogP contribution in [0.2, 0.25) is 0 Å². The average Bonchev–Trinajstić information content (AvgIpc) is 3.34. The molecule has 3 heterocycles. The van der Waals surface area contributed by atoms with Crippen LogP contribution in [-0.4, -0.2) is 32.2 Å². The van der Waals surface area contributed by atoms with E-state index in [-0.39, 0.29) is 5.91 Å². The molecule has 1 saturated carbocycles. The van der Waals surface area contributed by atoms with Crippen LogP contribution in [0.25, 0.3) is 0 Å². The van der Waals surface area contributed by atoms with Gasteiger partial charge in [-0.2, -0.15) is 0 Å². The van der Waals surface area contributed by atoms with Gasteiger partial charge in [-0.25, -0.2) is 4.98 Å². The predicted octanol–water partition coefficient (Wildman–Crippen LogP) is 2.70. The van der Waals surface area contributed by atoms with E-state index in [1.165, 1.54) is 37.0 Å². The van der Waals surface area contributed by atoms with Gasteiger partial charge in [0.2, 0.25) is 0 Å².